The van der Waals surface area contributed by atoms with Gasteiger partial charge in [-0.25, -0.2) is 0 Å². The Kier molecular flexibility index (Phi) is 3.96. The summed E-state index contributed by atoms with van der Waals surface area (Å²) in [6.45, 7) is 3.92. The Labute approximate surface area is 129 Å². The lowest BCUT2D eigenvalue weighted by Crippen LogP contribution is -2.40. The number of carbonyl (C=O) groups excluding carboxylic acids is 3. The lowest BCUT2D eigenvalue weighted by molar-refractivity contribution is -0.132. The minimum atomic E-state index is -0.291. The average molecular weight is 300 g/mol. The Hall–Kier alpha value is -2.17. The van der Waals surface area contributed by atoms with Gasteiger partial charge in [-0.1, -0.05) is 19.1 Å². The highest BCUT2D eigenvalue weighted by atomic mass is 16.2. The second kappa shape index (κ2) is 5.91. The zero-order valence-corrected chi connectivity index (χ0v) is 12.7. The molecule has 0 atom stereocenters. The predicted molar refractivity (Wildman–Crippen MR) is 81.4 cm³/mol. The minimum Gasteiger partial charge on any atom is -0.343 e. The predicted octanol–water partition coefficient (Wildman–Crippen LogP) is 1.93. The molecule has 0 spiro atoms. The maximum atomic E-state index is 12.2. The molecule has 3 rings (SSSR count). The number of imide groups is 1. The number of likely N-dealkylation sites (tertiary alicyclic amines) is 1. The van der Waals surface area contributed by atoms with Gasteiger partial charge in [0.05, 0.1) is 11.1 Å². The molecule has 0 unspecified atom stereocenters. The van der Waals surface area contributed by atoms with E-state index in [0.717, 1.165) is 25.9 Å². The maximum absolute atomic E-state index is 12.2. The van der Waals surface area contributed by atoms with Crippen molar-refractivity contribution in [3.8, 4) is 0 Å². The van der Waals surface area contributed by atoms with E-state index in [1.165, 1.54) is 4.90 Å². The van der Waals surface area contributed by atoms with Gasteiger partial charge in [0.15, 0.2) is 0 Å². The van der Waals surface area contributed by atoms with Crippen molar-refractivity contribution in [1.29, 1.82) is 0 Å². The maximum Gasteiger partial charge on any atom is 0.261 e. The third kappa shape index (κ3) is 2.63. The molecule has 2 heterocycles. The first-order chi connectivity index (χ1) is 10.6. The van der Waals surface area contributed by atoms with Crippen molar-refractivity contribution in [2.24, 2.45) is 5.92 Å². The van der Waals surface area contributed by atoms with Crippen LogP contribution in [0.4, 0.5) is 0 Å². The highest BCUT2D eigenvalue weighted by molar-refractivity contribution is 6.21. The number of carbonyl (C=O) groups is 3. The normalized spacial score (nSPS) is 18.8. The molecule has 5 nitrogen and oxygen atoms in total. The Bertz CT molecular complexity index is 583. The SMILES string of the molecule is CC1CCN(C(=O)CCN2C(=O)c3ccccc3C2=O)CC1. The largest absolute Gasteiger partial charge is 0.343 e. The molecule has 0 bridgehead atoms. The molecule has 3 amide bonds. The molecule has 1 aromatic rings. The molecule has 116 valence electrons. The van der Waals surface area contributed by atoms with Crippen molar-refractivity contribution in [2.75, 3.05) is 19.6 Å². The zero-order chi connectivity index (χ0) is 15.7. The number of benzene rings is 1. The summed E-state index contributed by atoms with van der Waals surface area (Å²) >= 11 is 0. The van der Waals surface area contributed by atoms with Crippen LogP contribution in [0, 0.1) is 5.92 Å². The quantitative estimate of drug-likeness (QED) is 0.802. The van der Waals surface area contributed by atoms with Gasteiger partial charge in [-0.3, -0.25) is 19.3 Å². The van der Waals surface area contributed by atoms with Gasteiger partial charge in [0, 0.05) is 26.1 Å². The highest BCUT2D eigenvalue weighted by Gasteiger charge is 2.35. The van der Waals surface area contributed by atoms with Crippen molar-refractivity contribution in [3.63, 3.8) is 0 Å². The average Bonchev–Trinajstić information content (AvgIpc) is 2.78. The van der Waals surface area contributed by atoms with Gasteiger partial charge in [0.1, 0.15) is 0 Å². The summed E-state index contributed by atoms with van der Waals surface area (Å²) in [5.74, 6) is 0.116. The van der Waals surface area contributed by atoms with E-state index < -0.39 is 0 Å². The summed E-state index contributed by atoms with van der Waals surface area (Å²) < 4.78 is 0. The van der Waals surface area contributed by atoms with Crippen LogP contribution in [-0.2, 0) is 4.79 Å². The van der Waals surface area contributed by atoms with Crippen LogP contribution in [0.2, 0.25) is 0 Å². The van der Waals surface area contributed by atoms with Gasteiger partial charge in [-0.2, -0.15) is 0 Å². The number of piperidine rings is 1. The minimum absolute atomic E-state index is 0.0310. The van der Waals surface area contributed by atoms with Crippen LogP contribution in [0.1, 0.15) is 46.9 Å². The summed E-state index contributed by atoms with van der Waals surface area (Å²) in [5.41, 5.74) is 0.874. The van der Waals surface area contributed by atoms with Crippen molar-refractivity contribution in [2.45, 2.75) is 26.2 Å². The molecule has 0 N–H and O–H groups in total. The van der Waals surface area contributed by atoms with E-state index >= 15 is 0 Å². The van der Waals surface area contributed by atoms with Crippen molar-refractivity contribution in [1.82, 2.24) is 9.80 Å². The summed E-state index contributed by atoms with van der Waals surface area (Å²) in [6.07, 6.45) is 2.26. The number of nitrogens with zero attached hydrogens (tertiary/aromatic N) is 2. The molecule has 1 fully saturated rings. The molecule has 2 aliphatic rings. The van der Waals surface area contributed by atoms with Crippen LogP contribution in [-0.4, -0.2) is 47.2 Å². The van der Waals surface area contributed by atoms with E-state index in [1.807, 2.05) is 4.90 Å². The monoisotopic (exact) mass is 300 g/mol. The van der Waals surface area contributed by atoms with Gasteiger partial charge in [-0.05, 0) is 30.9 Å². The number of rotatable bonds is 3. The van der Waals surface area contributed by atoms with Gasteiger partial charge in [0.25, 0.3) is 11.8 Å². The Balaban J connectivity index is 1.60. The second-order valence-corrected chi connectivity index (χ2v) is 6.12. The third-order valence-corrected chi connectivity index (χ3v) is 4.56. The molecule has 0 aliphatic carbocycles. The van der Waals surface area contributed by atoms with Crippen molar-refractivity contribution >= 4 is 17.7 Å². The lowest BCUT2D eigenvalue weighted by atomic mass is 9.99. The number of fused-ring (bicyclic) bond motifs is 1. The van der Waals surface area contributed by atoms with E-state index in [9.17, 15) is 14.4 Å². The van der Waals surface area contributed by atoms with E-state index in [2.05, 4.69) is 6.92 Å². The fourth-order valence-corrected chi connectivity index (χ4v) is 3.07. The van der Waals surface area contributed by atoms with Crippen molar-refractivity contribution in [3.05, 3.63) is 35.4 Å². The van der Waals surface area contributed by atoms with E-state index in [0.29, 0.717) is 17.0 Å². The molecular weight excluding hydrogens is 280 g/mol. The van der Waals surface area contributed by atoms with Crippen LogP contribution < -0.4 is 0 Å². The summed E-state index contributed by atoms with van der Waals surface area (Å²) in [7, 11) is 0. The smallest absolute Gasteiger partial charge is 0.261 e. The first-order valence-corrected chi connectivity index (χ1v) is 7.81. The molecule has 0 saturated carbocycles. The van der Waals surface area contributed by atoms with Gasteiger partial charge >= 0.3 is 0 Å². The Morgan fingerprint density at radius 1 is 1.09 bits per heavy atom. The van der Waals surface area contributed by atoms with Gasteiger partial charge < -0.3 is 4.90 Å². The van der Waals surface area contributed by atoms with E-state index in [-0.39, 0.29) is 30.7 Å². The fraction of sp³-hybridized carbons (Fsp3) is 0.471. The van der Waals surface area contributed by atoms with Crippen LogP contribution >= 0.6 is 0 Å². The Morgan fingerprint density at radius 2 is 1.64 bits per heavy atom. The van der Waals surface area contributed by atoms with Crippen LogP contribution in [0.3, 0.4) is 0 Å². The number of amides is 3. The summed E-state index contributed by atoms with van der Waals surface area (Å²) in [4.78, 5) is 39.7. The van der Waals surface area contributed by atoms with Gasteiger partial charge in [0.2, 0.25) is 5.91 Å². The Morgan fingerprint density at radius 3 is 2.18 bits per heavy atom. The fourth-order valence-electron chi connectivity index (χ4n) is 3.07. The zero-order valence-electron chi connectivity index (χ0n) is 12.7. The van der Waals surface area contributed by atoms with Gasteiger partial charge in [-0.15, -0.1) is 0 Å². The molecule has 0 radical (unpaired) electrons. The summed E-state index contributed by atoms with van der Waals surface area (Å²) in [6, 6.07) is 6.80. The standard InChI is InChI=1S/C17H20N2O3/c1-12-6-9-18(10-7-12)15(20)8-11-19-16(21)13-4-2-3-5-14(13)17(19)22/h2-5,12H,6-11H2,1H3. The van der Waals surface area contributed by atoms with E-state index in [1.54, 1.807) is 24.3 Å². The molecule has 1 aromatic carbocycles. The molecular formula is C17H20N2O3. The van der Waals surface area contributed by atoms with Crippen molar-refractivity contribution < 1.29 is 14.4 Å². The number of hydrogen-bond donors (Lipinski definition) is 0. The molecule has 22 heavy (non-hydrogen) atoms. The first-order valence-electron chi connectivity index (χ1n) is 7.81. The third-order valence-electron chi connectivity index (χ3n) is 4.56. The lowest BCUT2D eigenvalue weighted by Gasteiger charge is -2.30. The first kappa shape index (κ1) is 14.8. The molecule has 0 aromatic heterocycles. The van der Waals surface area contributed by atoms with Crippen LogP contribution in [0.25, 0.3) is 0 Å². The topological polar surface area (TPSA) is 57.7 Å². The van der Waals surface area contributed by atoms with Crippen LogP contribution in [0.15, 0.2) is 24.3 Å². The summed E-state index contributed by atoms with van der Waals surface area (Å²) in [5, 5.41) is 0. The highest BCUT2D eigenvalue weighted by Crippen LogP contribution is 2.23. The number of hydrogen-bond acceptors (Lipinski definition) is 3. The molecule has 5 heteroatoms. The molecule has 2 aliphatic heterocycles. The van der Waals surface area contributed by atoms with E-state index in [4.69, 9.17) is 0 Å². The molecule has 1 saturated heterocycles. The van der Waals surface area contributed by atoms with Crippen LogP contribution in [0.5, 0.6) is 0 Å². The second-order valence-electron chi connectivity index (χ2n) is 6.12.